The Balaban J connectivity index is 1.03. The summed E-state index contributed by atoms with van der Waals surface area (Å²) in [6.45, 7) is 0. The van der Waals surface area contributed by atoms with Gasteiger partial charge in [-0.25, -0.2) is 0 Å². The third-order valence-electron chi connectivity index (χ3n) is 14.8. The molecule has 0 N–H and O–H groups in total. The van der Waals surface area contributed by atoms with Gasteiger partial charge in [-0.2, -0.15) is 0 Å². The van der Waals surface area contributed by atoms with Crippen LogP contribution in [0, 0.1) is 0 Å². The molecular weight excluding hydrogens is 863 g/mol. The fourth-order valence-electron chi connectivity index (χ4n) is 11.8. The Labute approximate surface area is 407 Å². The molecule has 0 aliphatic heterocycles. The average molecular weight is 908 g/mol. The van der Waals surface area contributed by atoms with E-state index in [0.29, 0.717) is 0 Å². The van der Waals surface area contributed by atoms with Crippen molar-refractivity contribution in [1.82, 2.24) is 13.7 Å². The Morgan fingerprint density at radius 2 is 0.629 bits per heavy atom. The maximum absolute atomic E-state index is 2.78. The largest absolute Gasteiger partial charge is 0.309 e. The Hall–Kier alpha value is -8.96. The number of benzene rings is 11. The second-order valence-electron chi connectivity index (χ2n) is 18.4. The van der Waals surface area contributed by atoms with Gasteiger partial charge in [0.15, 0.2) is 8.07 Å². The van der Waals surface area contributed by atoms with Crippen LogP contribution in [-0.2, 0) is 0 Å². The zero-order valence-corrected chi connectivity index (χ0v) is 39.3. The predicted molar refractivity (Wildman–Crippen MR) is 299 cm³/mol. The second kappa shape index (κ2) is 16.1. The maximum atomic E-state index is 2.52. The minimum Gasteiger partial charge on any atom is -0.309 e. The molecule has 0 fully saturated rings. The SMILES string of the molecule is c1ccc(-c2ccccc2-n2c3ccc(-n4c5ccccc5c5ccccc54)cc3c3ccc(-n4c5ccccc5c5cc([Si](c6ccccc6)(c6ccccc6)c6ccccc6)ccc54)cc32)cc1. The fourth-order valence-corrected chi connectivity index (χ4v) is 16.6. The first kappa shape index (κ1) is 40.1. The van der Waals surface area contributed by atoms with Crippen molar-refractivity contribution in [2.75, 3.05) is 0 Å². The standard InChI is InChI=1S/C66H45N3Si/c1-5-21-46(22-6-1)53-29-13-17-33-60(53)69-65-41-38-47(67-61-34-18-14-30-54(61)55-31-15-19-35-62(55)67)43-58(65)57-40-37-48(44-66(57)69)68-63-36-20-16-32-56(63)59-45-52(39-42-64(59)68)70(49-23-7-2-8-24-49,50-25-9-3-10-26-50)51-27-11-4-12-28-51/h1-45H. The molecule has 0 aliphatic carbocycles. The van der Waals surface area contributed by atoms with Crippen molar-refractivity contribution >= 4 is 94.2 Å². The highest BCUT2D eigenvalue weighted by molar-refractivity contribution is 7.20. The molecule has 4 heteroatoms. The van der Waals surface area contributed by atoms with Gasteiger partial charge in [-0.3, -0.25) is 0 Å². The summed E-state index contributed by atoms with van der Waals surface area (Å²) < 4.78 is 7.41. The first-order valence-electron chi connectivity index (χ1n) is 24.2. The first-order valence-corrected chi connectivity index (χ1v) is 26.2. The molecule has 11 aromatic carbocycles. The molecule has 14 rings (SSSR count). The molecule has 3 nitrogen and oxygen atoms in total. The van der Waals surface area contributed by atoms with Gasteiger partial charge in [-0.1, -0.05) is 212 Å². The summed E-state index contributed by atoms with van der Waals surface area (Å²) in [4.78, 5) is 0. The van der Waals surface area contributed by atoms with Crippen LogP contribution in [0.25, 0.3) is 93.6 Å². The van der Waals surface area contributed by atoms with Gasteiger partial charge in [0, 0.05) is 49.3 Å². The van der Waals surface area contributed by atoms with Crippen molar-refractivity contribution in [3.05, 3.63) is 273 Å². The van der Waals surface area contributed by atoms with E-state index in [4.69, 9.17) is 0 Å². The van der Waals surface area contributed by atoms with Gasteiger partial charge in [0.25, 0.3) is 0 Å². The highest BCUT2D eigenvalue weighted by atomic mass is 28.3. The van der Waals surface area contributed by atoms with Crippen molar-refractivity contribution in [1.29, 1.82) is 0 Å². The van der Waals surface area contributed by atoms with E-state index in [2.05, 4.69) is 287 Å². The molecule has 0 saturated heterocycles. The number of hydrogen-bond donors (Lipinski definition) is 0. The summed E-state index contributed by atoms with van der Waals surface area (Å²) in [5, 5.41) is 12.9. The molecule has 0 atom stereocenters. The van der Waals surface area contributed by atoms with E-state index < -0.39 is 8.07 Å². The molecule has 0 spiro atoms. The average Bonchev–Trinajstić information content (AvgIpc) is 4.07. The van der Waals surface area contributed by atoms with E-state index in [9.17, 15) is 0 Å². The fraction of sp³-hybridized carbons (Fsp3) is 0. The summed E-state index contributed by atoms with van der Waals surface area (Å²) in [7, 11) is -2.78. The number of rotatable bonds is 8. The second-order valence-corrected chi connectivity index (χ2v) is 22.2. The summed E-state index contributed by atoms with van der Waals surface area (Å²) in [6, 6.07) is 101. The normalized spacial score (nSPS) is 12.0. The zero-order chi connectivity index (χ0) is 46.2. The van der Waals surface area contributed by atoms with Gasteiger partial charge in [-0.15, -0.1) is 0 Å². The predicted octanol–water partition coefficient (Wildman–Crippen LogP) is 14.0. The molecule has 14 aromatic rings. The lowest BCUT2D eigenvalue weighted by atomic mass is 10.0. The molecule has 3 aromatic heterocycles. The van der Waals surface area contributed by atoms with Gasteiger partial charge >= 0.3 is 0 Å². The van der Waals surface area contributed by atoms with Crippen LogP contribution in [-0.4, -0.2) is 21.8 Å². The van der Waals surface area contributed by atoms with E-state index in [1.165, 1.54) is 86.3 Å². The van der Waals surface area contributed by atoms with E-state index >= 15 is 0 Å². The minimum atomic E-state index is -2.78. The van der Waals surface area contributed by atoms with Crippen LogP contribution in [0.15, 0.2) is 273 Å². The van der Waals surface area contributed by atoms with Crippen LogP contribution in [0.4, 0.5) is 0 Å². The first-order chi connectivity index (χ1) is 34.8. The van der Waals surface area contributed by atoms with Crippen LogP contribution in [0.1, 0.15) is 0 Å². The van der Waals surface area contributed by atoms with Crippen molar-refractivity contribution < 1.29 is 0 Å². The van der Waals surface area contributed by atoms with E-state index in [0.717, 1.165) is 28.1 Å². The number of nitrogens with zero attached hydrogens (tertiary/aromatic N) is 3. The molecule has 3 heterocycles. The number of fused-ring (bicyclic) bond motifs is 9. The Kier molecular flexibility index (Phi) is 9.23. The molecule has 0 amide bonds. The van der Waals surface area contributed by atoms with Crippen LogP contribution in [0.3, 0.4) is 0 Å². The Morgan fingerprint density at radius 3 is 1.21 bits per heavy atom. The zero-order valence-electron chi connectivity index (χ0n) is 38.3. The lowest BCUT2D eigenvalue weighted by molar-refractivity contribution is 1.15. The van der Waals surface area contributed by atoms with Gasteiger partial charge < -0.3 is 13.7 Å². The van der Waals surface area contributed by atoms with E-state index in [1.807, 2.05) is 0 Å². The van der Waals surface area contributed by atoms with Gasteiger partial charge in [0.1, 0.15) is 0 Å². The molecule has 0 bridgehead atoms. The lowest BCUT2D eigenvalue weighted by Crippen LogP contribution is -2.74. The van der Waals surface area contributed by atoms with Crippen molar-refractivity contribution in [2.24, 2.45) is 0 Å². The van der Waals surface area contributed by atoms with Crippen molar-refractivity contribution in [2.45, 2.75) is 0 Å². The van der Waals surface area contributed by atoms with Crippen LogP contribution in [0.5, 0.6) is 0 Å². The summed E-state index contributed by atoms with van der Waals surface area (Å²) >= 11 is 0. The van der Waals surface area contributed by atoms with Gasteiger partial charge in [0.05, 0.1) is 38.8 Å². The smallest absolute Gasteiger partial charge is 0.179 e. The third-order valence-corrected chi connectivity index (χ3v) is 19.6. The highest BCUT2D eigenvalue weighted by Crippen LogP contribution is 2.41. The topological polar surface area (TPSA) is 14.8 Å². The maximum Gasteiger partial charge on any atom is 0.179 e. The molecule has 328 valence electrons. The van der Waals surface area contributed by atoms with E-state index in [-0.39, 0.29) is 0 Å². The molecule has 0 aliphatic rings. The third kappa shape index (κ3) is 6.00. The Morgan fingerprint density at radius 1 is 0.229 bits per heavy atom. The molecule has 0 radical (unpaired) electrons. The molecular formula is C66H45N3Si. The number of para-hydroxylation sites is 4. The monoisotopic (exact) mass is 907 g/mol. The summed E-state index contributed by atoms with van der Waals surface area (Å²) in [6.07, 6.45) is 0. The molecule has 0 saturated carbocycles. The van der Waals surface area contributed by atoms with Crippen molar-refractivity contribution in [3.8, 4) is 28.2 Å². The van der Waals surface area contributed by atoms with Gasteiger partial charge in [-0.05, 0) is 87.0 Å². The Bertz CT molecular complexity index is 4130. The van der Waals surface area contributed by atoms with Crippen molar-refractivity contribution in [3.63, 3.8) is 0 Å². The van der Waals surface area contributed by atoms with Crippen LogP contribution < -0.4 is 20.7 Å². The number of aromatic nitrogens is 3. The summed E-state index contributed by atoms with van der Waals surface area (Å²) in [5.74, 6) is 0. The summed E-state index contributed by atoms with van der Waals surface area (Å²) in [5.41, 5.74) is 12.9. The molecule has 0 unspecified atom stereocenters. The minimum absolute atomic E-state index is 1.12. The van der Waals surface area contributed by atoms with Crippen LogP contribution in [0.2, 0.25) is 0 Å². The number of hydrogen-bond acceptors (Lipinski definition) is 0. The lowest BCUT2D eigenvalue weighted by Gasteiger charge is -2.34. The van der Waals surface area contributed by atoms with Crippen LogP contribution >= 0.6 is 0 Å². The quantitative estimate of drug-likeness (QED) is 0.107. The van der Waals surface area contributed by atoms with Gasteiger partial charge in [0.2, 0.25) is 0 Å². The highest BCUT2D eigenvalue weighted by Gasteiger charge is 2.41. The van der Waals surface area contributed by atoms with E-state index in [1.54, 1.807) is 0 Å². The molecule has 70 heavy (non-hydrogen) atoms.